The van der Waals surface area contributed by atoms with Gasteiger partial charge in [-0.15, -0.1) is 11.3 Å². The minimum Gasteiger partial charge on any atom is -0.308 e. The Balaban J connectivity index is 1.81. The predicted octanol–water partition coefficient (Wildman–Crippen LogP) is 3.26. The third-order valence-electron chi connectivity index (χ3n) is 3.35. The van der Waals surface area contributed by atoms with Crippen molar-refractivity contribution in [2.75, 3.05) is 20.1 Å². The van der Waals surface area contributed by atoms with Crippen LogP contribution in [0.25, 0.3) is 0 Å². The molecule has 2 rings (SSSR count). The Morgan fingerprint density at radius 1 is 1.69 bits per heavy atom. The Hall–Kier alpha value is 0.1000. The van der Waals surface area contributed by atoms with Gasteiger partial charge in [0.25, 0.3) is 0 Å². The zero-order chi connectivity index (χ0) is 11.5. The number of thiophene rings is 1. The number of hydrogen-bond acceptors (Lipinski definition) is 3. The number of likely N-dealkylation sites (N-methyl/N-ethyl adjacent to an activating group) is 1. The van der Waals surface area contributed by atoms with E-state index in [0.29, 0.717) is 6.04 Å². The molecule has 1 aliphatic rings. The van der Waals surface area contributed by atoms with Gasteiger partial charge in [0.1, 0.15) is 0 Å². The lowest BCUT2D eigenvalue weighted by Crippen LogP contribution is -2.36. The van der Waals surface area contributed by atoms with E-state index in [4.69, 9.17) is 0 Å². The molecule has 2 heterocycles. The average molecular weight is 303 g/mol. The van der Waals surface area contributed by atoms with Crippen LogP contribution in [0.3, 0.4) is 0 Å². The molecule has 1 fully saturated rings. The highest BCUT2D eigenvalue weighted by molar-refractivity contribution is 9.10. The topological polar surface area (TPSA) is 15.3 Å². The number of hydrogen-bond donors (Lipinski definition) is 1. The molecule has 0 saturated carbocycles. The minimum atomic E-state index is 0.463. The molecule has 0 aliphatic carbocycles. The van der Waals surface area contributed by atoms with Crippen LogP contribution in [0.15, 0.2) is 15.9 Å². The van der Waals surface area contributed by atoms with Gasteiger partial charge in [0.15, 0.2) is 0 Å². The third kappa shape index (κ3) is 3.06. The molecule has 1 saturated heterocycles. The molecular weight excluding hydrogens is 284 g/mol. The largest absolute Gasteiger partial charge is 0.308 e. The summed E-state index contributed by atoms with van der Waals surface area (Å²) in [4.78, 5) is 3.87. The van der Waals surface area contributed by atoms with Crippen LogP contribution in [0.4, 0.5) is 0 Å². The third-order valence-corrected chi connectivity index (χ3v) is 5.22. The summed E-state index contributed by atoms with van der Waals surface area (Å²) < 4.78 is 1.19. The molecule has 90 valence electrons. The van der Waals surface area contributed by atoms with E-state index in [1.165, 1.54) is 28.7 Å². The molecule has 1 N–H and O–H groups in total. The summed E-state index contributed by atoms with van der Waals surface area (Å²) in [5.74, 6) is 0. The maximum atomic E-state index is 3.63. The van der Waals surface area contributed by atoms with E-state index < -0.39 is 0 Å². The molecule has 0 amide bonds. The first kappa shape index (κ1) is 12.6. The molecule has 1 aromatic heterocycles. The number of likely N-dealkylation sites (tertiary alicyclic amines) is 1. The Kier molecular flexibility index (Phi) is 4.41. The van der Waals surface area contributed by atoms with E-state index >= 15 is 0 Å². The fraction of sp³-hybridized carbons (Fsp3) is 0.667. The fourth-order valence-corrected chi connectivity index (χ4v) is 3.68. The van der Waals surface area contributed by atoms with Crippen LogP contribution in [0.5, 0.6) is 0 Å². The van der Waals surface area contributed by atoms with Gasteiger partial charge in [0.2, 0.25) is 0 Å². The van der Waals surface area contributed by atoms with Gasteiger partial charge in [0, 0.05) is 33.4 Å². The lowest BCUT2D eigenvalue weighted by atomic mass is 10.2. The molecule has 16 heavy (non-hydrogen) atoms. The first-order valence-corrected chi connectivity index (χ1v) is 7.51. The van der Waals surface area contributed by atoms with E-state index in [0.717, 1.165) is 12.6 Å². The number of nitrogens with zero attached hydrogens (tertiary/aromatic N) is 1. The van der Waals surface area contributed by atoms with Crippen LogP contribution in [0.2, 0.25) is 0 Å². The van der Waals surface area contributed by atoms with Gasteiger partial charge < -0.3 is 10.2 Å². The summed E-state index contributed by atoms with van der Waals surface area (Å²) in [5.41, 5.74) is 0. The molecule has 2 atom stereocenters. The lowest BCUT2D eigenvalue weighted by molar-refractivity contribution is 0.294. The van der Waals surface area contributed by atoms with Crippen molar-refractivity contribution in [3.05, 3.63) is 20.8 Å². The highest BCUT2D eigenvalue weighted by Gasteiger charge is 2.21. The summed E-state index contributed by atoms with van der Waals surface area (Å²) in [5, 5.41) is 5.78. The van der Waals surface area contributed by atoms with Gasteiger partial charge in [0.05, 0.1) is 0 Å². The maximum absolute atomic E-state index is 3.63. The Morgan fingerprint density at radius 2 is 2.50 bits per heavy atom. The van der Waals surface area contributed by atoms with Crippen molar-refractivity contribution in [3.8, 4) is 0 Å². The zero-order valence-corrected chi connectivity index (χ0v) is 12.3. The fourth-order valence-electron chi connectivity index (χ4n) is 2.21. The van der Waals surface area contributed by atoms with Crippen LogP contribution in [-0.2, 0) is 0 Å². The SMILES string of the molecule is CC(NCC1CCCN1C)c1cc(Br)cs1. The molecule has 1 aliphatic heterocycles. The molecule has 0 radical (unpaired) electrons. The Bertz CT molecular complexity index is 340. The smallest absolute Gasteiger partial charge is 0.0387 e. The second-order valence-corrected chi connectivity index (χ2v) is 6.43. The Morgan fingerprint density at radius 3 is 3.06 bits per heavy atom. The maximum Gasteiger partial charge on any atom is 0.0387 e. The quantitative estimate of drug-likeness (QED) is 0.918. The monoisotopic (exact) mass is 302 g/mol. The van der Waals surface area contributed by atoms with Crippen molar-refractivity contribution in [3.63, 3.8) is 0 Å². The lowest BCUT2D eigenvalue weighted by Gasteiger charge is -2.22. The number of halogens is 1. The van der Waals surface area contributed by atoms with Gasteiger partial charge in [-0.3, -0.25) is 0 Å². The van der Waals surface area contributed by atoms with Gasteiger partial charge in [-0.1, -0.05) is 0 Å². The molecule has 4 heteroatoms. The number of nitrogens with one attached hydrogen (secondary N) is 1. The van der Waals surface area contributed by atoms with Gasteiger partial charge in [-0.25, -0.2) is 0 Å². The number of rotatable bonds is 4. The van der Waals surface area contributed by atoms with Crippen LogP contribution < -0.4 is 5.32 Å². The molecular formula is C12H19BrN2S. The second kappa shape index (κ2) is 5.63. The summed E-state index contributed by atoms with van der Waals surface area (Å²) >= 11 is 5.32. The van der Waals surface area contributed by atoms with E-state index in [9.17, 15) is 0 Å². The summed E-state index contributed by atoms with van der Waals surface area (Å²) in [6.07, 6.45) is 2.69. The zero-order valence-electron chi connectivity index (χ0n) is 9.87. The van der Waals surface area contributed by atoms with E-state index in [2.05, 4.69) is 51.6 Å². The van der Waals surface area contributed by atoms with Crippen molar-refractivity contribution in [2.45, 2.75) is 31.8 Å². The summed E-state index contributed by atoms with van der Waals surface area (Å²) in [6, 6.07) is 3.40. The predicted molar refractivity (Wildman–Crippen MR) is 74.1 cm³/mol. The molecule has 0 bridgehead atoms. The van der Waals surface area contributed by atoms with Crippen LogP contribution >= 0.6 is 27.3 Å². The van der Waals surface area contributed by atoms with Crippen molar-refractivity contribution in [1.82, 2.24) is 10.2 Å². The average Bonchev–Trinajstić information content (AvgIpc) is 2.84. The minimum absolute atomic E-state index is 0.463. The van der Waals surface area contributed by atoms with Crippen LogP contribution in [0, 0.1) is 0 Å². The van der Waals surface area contributed by atoms with Gasteiger partial charge >= 0.3 is 0 Å². The van der Waals surface area contributed by atoms with E-state index in [-0.39, 0.29) is 0 Å². The van der Waals surface area contributed by atoms with Crippen LogP contribution in [0.1, 0.15) is 30.7 Å². The van der Waals surface area contributed by atoms with Crippen molar-refractivity contribution < 1.29 is 0 Å². The highest BCUT2D eigenvalue weighted by atomic mass is 79.9. The molecule has 0 spiro atoms. The highest BCUT2D eigenvalue weighted by Crippen LogP contribution is 2.25. The molecule has 0 aromatic carbocycles. The molecule has 2 unspecified atom stereocenters. The van der Waals surface area contributed by atoms with Crippen molar-refractivity contribution in [2.24, 2.45) is 0 Å². The summed E-state index contributed by atoms with van der Waals surface area (Å²) in [7, 11) is 2.23. The second-order valence-electron chi connectivity index (χ2n) is 4.57. The first-order valence-electron chi connectivity index (χ1n) is 5.84. The molecule has 1 aromatic rings. The van der Waals surface area contributed by atoms with Gasteiger partial charge in [-0.05, 0) is 55.4 Å². The van der Waals surface area contributed by atoms with Crippen molar-refractivity contribution in [1.29, 1.82) is 0 Å². The van der Waals surface area contributed by atoms with E-state index in [1.807, 2.05) is 11.3 Å². The molecule has 2 nitrogen and oxygen atoms in total. The van der Waals surface area contributed by atoms with E-state index in [1.54, 1.807) is 0 Å². The van der Waals surface area contributed by atoms with Crippen LogP contribution in [-0.4, -0.2) is 31.1 Å². The first-order chi connectivity index (χ1) is 7.66. The van der Waals surface area contributed by atoms with Gasteiger partial charge in [-0.2, -0.15) is 0 Å². The van der Waals surface area contributed by atoms with Crippen molar-refractivity contribution >= 4 is 27.3 Å². The Labute approximate surface area is 110 Å². The normalized spacial score (nSPS) is 23.8. The standard InChI is InChI=1S/C12H19BrN2S/c1-9(12-6-10(13)8-16-12)14-7-11-4-3-5-15(11)2/h6,8-9,11,14H,3-5,7H2,1-2H3. The summed E-state index contributed by atoms with van der Waals surface area (Å²) in [6.45, 7) is 4.60.